The lowest BCUT2D eigenvalue weighted by atomic mass is 9.97. The van der Waals surface area contributed by atoms with Gasteiger partial charge in [0.2, 0.25) is 5.95 Å². The Labute approximate surface area is 171 Å². The molecule has 28 heavy (non-hydrogen) atoms. The van der Waals surface area contributed by atoms with Crippen LogP contribution in [0, 0.1) is 5.82 Å². The molecule has 0 aliphatic carbocycles. The molecule has 0 unspecified atom stereocenters. The molecule has 2 atom stereocenters. The van der Waals surface area contributed by atoms with Crippen LogP contribution in [0.2, 0.25) is 0 Å². The van der Waals surface area contributed by atoms with Gasteiger partial charge in [0.05, 0.1) is 23.6 Å². The van der Waals surface area contributed by atoms with E-state index in [1.54, 1.807) is 31.3 Å². The molecule has 2 rings (SSSR count). The topological polar surface area (TPSA) is 69.5 Å². The largest absolute Gasteiger partial charge is 0.393 e. The number of hydrogen-bond donors (Lipinski definition) is 3. The Morgan fingerprint density at radius 3 is 2.36 bits per heavy atom. The molecule has 0 aliphatic heterocycles. The van der Waals surface area contributed by atoms with Crippen molar-refractivity contribution in [1.82, 2.24) is 9.97 Å². The van der Waals surface area contributed by atoms with E-state index in [1.165, 1.54) is 16.4 Å². The van der Waals surface area contributed by atoms with Crippen molar-refractivity contribution in [3.8, 4) is 11.3 Å². The first-order chi connectivity index (χ1) is 13.2. The number of hydrogen-bond acceptors (Lipinski definition) is 6. The van der Waals surface area contributed by atoms with Gasteiger partial charge in [-0.3, -0.25) is 4.31 Å². The molecule has 0 radical (unpaired) electrons. The highest BCUT2D eigenvalue weighted by atomic mass is 32.1. The van der Waals surface area contributed by atoms with Crippen molar-refractivity contribution < 1.29 is 14.6 Å². The minimum absolute atomic E-state index is 0.0901. The van der Waals surface area contributed by atoms with Crippen molar-refractivity contribution in [1.29, 1.82) is 0 Å². The molecule has 1 heterocycles. The second kappa shape index (κ2) is 10.0. The van der Waals surface area contributed by atoms with Gasteiger partial charge in [-0.2, -0.15) is 0 Å². The third-order valence-electron chi connectivity index (χ3n) is 4.39. The minimum atomic E-state index is -0.789. The molecule has 1 aromatic carbocycles. The molecular weight excluding hydrogens is 377 g/mol. The molecule has 2 N–H and O–H groups in total. The summed E-state index contributed by atoms with van der Waals surface area (Å²) in [5.41, 5.74) is 2.93. The van der Waals surface area contributed by atoms with Crippen molar-refractivity contribution >= 4 is 24.8 Å². The predicted molar refractivity (Wildman–Crippen MR) is 115 cm³/mol. The van der Waals surface area contributed by atoms with Crippen LogP contribution in [0.25, 0.3) is 17.3 Å². The van der Waals surface area contributed by atoms with Gasteiger partial charge in [-0.1, -0.05) is 45.7 Å². The Kier molecular flexibility index (Phi) is 7.98. The number of aliphatic hydroxyl groups is 2. The molecule has 0 aliphatic rings. The Morgan fingerprint density at radius 1 is 1.18 bits per heavy atom. The van der Waals surface area contributed by atoms with Crippen molar-refractivity contribution in [2.24, 2.45) is 0 Å². The predicted octanol–water partition coefficient (Wildman–Crippen LogP) is 4.22. The van der Waals surface area contributed by atoms with E-state index in [1.807, 2.05) is 20.8 Å². The van der Waals surface area contributed by atoms with Gasteiger partial charge in [0.25, 0.3) is 0 Å². The highest BCUT2D eigenvalue weighted by Gasteiger charge is 2.18. The zero-order valence-corrected chi connectivity index (χ0v) is 17.6. The van der Waals surface area contributed by atoms with Crippen molar-refractivity contribution in [3.63, 3.8) is 0 Å². The number of benzene rings is 1. The van der Waals surface area contributed by atoms with E-state index >= 15 is 0 Å². The maximum Gasteiger partial charge on any atom is 0.235 e. The minimum Gasteiger partial charge on any atom is -0.393 e. The summed E-state index contributed by atoms with van der Waals surface area (Å²) in [7, 11) is 1.74. The Bertz CT molecular complexity index is 810. The molecule has 0 spiro atoms. The van der Waals surface area contributed by atoms with E-state index in [0.29, 0.717) is 18.1 Å². The molecule has 7 heteroatoms. The summed E-state index contributed by atoms with van der Waals surface area (Å²) in [4.78, 5) is 9.22. The molecule has 0 fully saturated rings. The lowest BCUT2D eigenvalue weighted by Gasteiger charge is -2.18. The highest BCUT2D eigenvalue weighted by Crippen LogP contribution is 2.31. The zero-order chi connectivity index (χ0) is 20.8. The van der Waals surface area contributed by atoms with Crippen LogP contribution in [-0.2, 0) is 0 Å². The van der Waals surface area contributed by atoms with Gasteiger partial charge in [0.1, 0.15) is 5.82 Å². The zero-order valence-electron chi connectivity index (χ0n) is 16.7. The second-order valence-corrected chi connectivity index (χ2v) is 7.68. The van der Waals surface area contributed by atoms with Crippen molar-refractivity contribution in [2.75, 3.05) is 11.4 Å². The Balaban J connectivity index is 2.58. The van der Waals surface area contributed by atoms with Crippen LogP contribution in [0.1, 0.15) is 50.8 Å². The van der Waals surface area contributed by atoms with Crippen molar-refractivity contribution in [3.05, 3.63) is 47.4 Å². The normalized spacial score (nSPS) is 13.9. The number of thiol groups is 1. The van der Waals surface area contributed by atoms with E-state index in [-0.39, 0.29) is 18.2 Å². The maximum absolute atomic E-state index is 13.4. The Morgan fingerprint density at radius 2 is 1.82 bits per heavy atom. The maximum atomic E-state index is 13.4. The lowest BCUT2D eigenvalue weighted by molar-refractivity contribution is 0.102. The fourth-order valence-corrected chi connectivity index (χ4v) is 2.87. The number of aliphatic hydroxyl groups excluding tert-OH is 2. The fourth-order valence-electron chi connectivity index (χ4n) is 2.78. The molecule has 5 nitrogen and oxygen atoms in total. The van der Waals surface area contributed by atoms with Gasteiger partial charge in [-0.25, -0.2) is 14.4 Å². The number of halogens is 1. The van der Waals surface area contributed by atoms with E-state index in [2.05, 4.69) is 22.8 Å². The van der Waals surface area contributed by atoms with Crippen LogP contribution in [0.3, 0.4) is 0 Å². The van der Waals surface area contributed by atoms with Gasteiger partial charge < -0.3 is 10.2 Å². The van der Waals surface area contributed by atoms with E-state index in [0.717, 1.165) is 16.8 Å². The summed E-state index contributed by atoms with van der Waals surface area (Å²) in [5.74, 6) is 0.201. The monoisotopic (exact) mass is 405 g/mol. The van der Waals surface area contributed by atoms with Gasteiger partial charge in [-0.15, -0.1) is 0 Å². The van der Waals surface area contributed by atoms with Gasteiger partial charge >= 0.3 is 0 Å². The van der Waals surface area contributed by atoms with E-state index in [4.69, 9.17) is 0 Å². The van der Waals surface area contributed by atoms with Crippen LogP contribution in [0.15, 0.2) is 30.3 Å². The summed E-state index contributed by atoms with van der Waals surface area (Å²) in [6.07, 6.45) is 2.91. The standard InChI is InChI=1S/C21H28FN3O2S/c1-5-16(26)12-17(27)10-11-18-19(13(2)3)23-21(25(4)28)24-20(18)14-6-8-15(22)9-7-14/h6-11,13,16-17,26-28H,5,12H2,1-4H3/b11-10+/t16-,17+/m0/s1. The number of anilines is 1. The second-order valence-electron chi connectivity index (χ2n) is 7.08. The molecular formula is C21H28FN3O2S. The van der Waals surface area contributed by atoms with Gasteiger partial charge in [0.15, 0.2) is 0 Å². The summed E-state index contributed by atoms with van der Waals surface area (Å²) in [6, 6.07) is 6.10. The van der Waals surface area contributed by atoms with Crippen LogP contribution in [0.4, 0.5) is 10.3 Å². The third kappa shape index (κ3) is 5.77. The number of rotatable bonds is 8. The first kappa shape index (κ1) is 22.3. The quantitative estimate of drug-likeness (QED) is 0.574. The average molecular weight is 406 g/mol. The highest BCUT2D eigenvalue weighted by molar-refractivity contribution is 7.81. The first-order valence-corrected chi connectivity index (χ1v) is 9.77. The van der Waals surface area contributed by atoms with Crippen LogP contribution >= 0.6 is 12.8 Å². The molecule has 2 aromatic rings. The molecule has 0 amide bonds. The molecule has 152 valence electrons. The average Bonchev–Trinajstić information content (AvgIpc) is 2.66. The molecule has 0 bridgehead atoms. The van der Waals surface area contributed by atoms with Crippen LogP contribution < -0.4 is 4.31 Å². The molecule has 0 saturated heterocycles. The smallest absolute Gasteiger partial charge is 0.235 e. The van der Waals surface area contributed by atoms with Crippen LogP contribution in [-0.4, -0.2) is 39.4 Å². The number of nitrogens with zero attached hydrogens (tertiary/aromatic N) is 3. The molecule has 0 saturated carbocycles. The summed E-state index contributed by atoms with van der Waals surface area (Å²) in [6.45, 7) is 5.91. The number of aromatic nitrogens is 2. The van der Waals surface area contributed by atoms with Crippen LogP contribution in [0.5, 0.6) is 0 Å². The van der Waals surface area contributed by atoms with E-state index < -0.39 is 12.2 Å². The summed E-state index contributed by atoms with van der Waals surface area (Å²) in [5, 5.41) is 20.0. The van der Waals surface area contributed by atoms with Gasteiger partial charge in [0, 0.05) is 24.6 Å². The SMILES string of the molecule is CC[C@H](O)C[C@H](O)/C=C/c1c(-c2ccc(F)cc2)nc(N(C)S)nc1C(C)C. The first-order valence-electron chi connectivity index (χ1n) is 9.37. The van der Waals surface area contributed by atoms with Crippen molar-refractivity contribution in [2.45, 2.75) is 51.7 Å². The summed E-state index contributed by atoms with van der Waals surface area (Å²) >= 11 is 4.31. The lowest BCUT2D eigenvalue weighted by Crippen LogP contribution is -2.15. The van der Waals surface area contributed by atoms with Gasteiger partial charge in [-0.05, 0) is 36.6 Å². The molecule has 1 aromatic heterocycles. The summed E-state index contributed by atoms with van der Waals surface area (Å²) < 4.78 is 14.9. The van der Waals surface area contributed by atoms with E-state index in [9.17, 15) is 14.6 Å². The third-order valence-corrected chi connectivity index (χ3v) is 4.57. The fraction of sp³-hybridized carbons (Fsp3) is 0.429. The Hall–Kier alpha value is -1.96.